The Kier molecular flexibility index (Phi) is 5.20. The highest BCUT2D eigenvalue weighted by Crippen LogP contribution is 2.37. The van der Waals surface area contributed by atoms with Crippen molar-refractivity contribution in [1.29, 1.82) is 0 Å². The van der Waals surface area contributed by atoms with Crippen LogP contribution in [0.5, 0.6) is 5.75 Å². The average Bonchev–Trinajstić information content (AvgIpc) is 2.50. The minimum Gasteiger partial charge on any atom is -0.496 e. The molecule has 0 aliphatic rings. The molecule has 1 aromatic carbocycles. The van der Waals surface area contributed by atoms with Gasteiger partial charge in [-0.15, -0.1) is 0 Å². The summed E-state index contributed by atoms with van der Waals surface area (Å²) in [5.74, 6) is 0.848. The van der Waals surface area contributed by atoms with Crippen molar-refractivity contribution in [1.82, 2.24) is 9.97 Å². The molecule has 0 radical (unpaired) electrons. The van der Waals surface area contributed by atoms with Crippen LogP contribution in [0.25, 0.3) is 0 Å². The van der Waals surface area contributed by atoms with E-state index in [9.17, 15) is 0 Å². The van der Waals surface area contributed by atoms with Crippen LogP contribution >= 0.6 is 11.8 Å². The van der Waals surface area contributed by atoms with Crippen molar-refractivity contribution < 1.29 is 4.74 Å². The van der Waals surface area contributed by atoms with E-state index in [0.29, 0.717) is 6.54 Å². The fraction of sp³-hybridized carbons (Fsp3) is 0.375. The molecule has 0 saturated carbocycles. The fourth-order valence-corrected chi connectivity index (χ4v) is 3.14. The van der Waals surface area contributed by atoms with Crippen LogP contribution in [0.3, 0.4) is 0 Å². The SMILES string of the molecule is COc1ccccc1C(CN)Sc1nc(C)c(C)c(C)n1. The van der Waals surface area contributed by atoms with E-state index in [1.165, 1.54) is 0 Å². The van der Waals surface area contributed by atoms with E-state index in [2.05, 4.69) is 9.97 Å². The van der Waals surface area contributed by atoms with E-state index in [0.717, 1.165) is 33.4 Å². The smallest absolute Gasteiger partial charge is 0.188 e. The Morgan fingerprint density at radius 3 is 2.33 bits per heavy atom. The highest BCUT2D eigenvalue weighted by Gasteiger charge is 2.18. The predicted molar refractivity (Wildman–Crippen MR) is 86.9 cm³/mol. The molecule has 21 heavy (non-hydrogen) atoms. The second-order valence-corrected chi connectivity index (χ2v) is 6.06. The molecule has 2 N–H and O–H groups in total. The Morgan fingerprint density at radius 2 is 1.76 bits per heavy atom. The van der Waals surface area contributed by atoms with Gasteiger partial charge in [0.1, 0.15) is 5.75 Å². The van der Waals surface area contributed by atoms with Gasteiger partial charge in [-0.1, -0.05) is 30.0 Å². The van der Waals surface area contributed by atoms with Crippen molar-refractivity contribution >= 4 is 11.8 Å². The lowest BCUT2D eigenvalue weighted by molar-refractivity contribution is 0.409. The zero-order valence-electron chi connectivity index (χ0n) is 12.9. The molecule has 1 aromatic heterocycles. The molecule has 5 heteroatoms. The third-order valence-electron chi connectivity index (χ3n) is 3.56. The number of hydrogen-bond acceptors (Lipinski definition) is 5. The summed E-state index contributed by atoms with van der Waals surface area (Å²) in [4.78, 5) is 9.12. The van der Waals surface area contributed by atoms with Crippen molar-refractivity contribution in [3.8, 4) is 5.75 Å². The van der Waals surface area contributed by atoms with Crippen LogP contribution in [0.2, 0.25) is 0 Å². The molecular weight excluding hydrogens is 282 g/mol. The van der Waals surface area contributed by atoms with E-state index in [4.69, 9.17) is 10.5 Å². The predicted octanol–water partition coefficient (Wildman–Crippen LogP) is 3.20. The van der Waals surface area contributed by atoms with Gasteiger partial charge in [-0.05, 0) is 32.4 Å². The summed E-state index contributed by atoms with van der Waals surface area (Å²) in [6.45, 7) is 6.56. The molecule has 0 spiro atoms. The summed E-state index contributed by atoms with van der Waals surface area (Å²) >= 11 is 1.58. The van der Waals surface area contributed by atoms with Crippen molar-refractivity contribution in [3.63, 3.8) is 0 Å². The highest BCUT2D eigenvalue weighted by atomic mass is 32.2. The summed E-state index contributed by atoms with van der Waals surface area (Å²) < 4.78 is 5.42. The first kappa shape index (κ1) is 15.8. The number of aromatic nitrogens is 2. The van der Waals surface area contributed by atoms with Crippen LogP contribution in [0.4, 0.5) is 0 Å². The largest absolute Gasteiger partial charge is 0.496 e. The van der Waals surface area contributed by atoms with Gasteiger partial charge in [0.05, 0.1) is 12.4 Å². The summed E-state index contributed by atoms with van der Waals surface area (Å²) in [6, 6.07) is 7.94. The quantitative estimate of drug-likeness (QED) is 0.679. The van der Waals surface area contributed by atoms with Crippen LogP contribution in [-0.2, 0) is 0 Å². The number of nitrogens with zero attached hydrogens (tertiary/aromatic N) is 2. The molecule has 2 aromatic rings. The van der Waals surface area contributed by atoms with Gasteiger partial charge in [-0.25, -0.2) is 9.97 Å². The Labute approximate surface area is 130 Å². The molecule has 2 rings (SSSR count). The molecule has 4 nitrogen and oxygen atoms in total. The van der Waals surface area contributed by atoms with Crippen LogP contribution < -0.4 is 10.5 Å². The van der Waals surface area contributed by atoms with Crippen molar-refractivity contribution in [2.24, 2.45) is 5.73 Å². The van der Waals surface area contributed by atoms with E-state index < -0.39 is 0 Å². The van der Waals surface area contributed by atoms with E-state index in [1.54, 1.807) is 18.9 Å². The number of rotatable bonds is 5. The molecule has 0 bridgehead atoms. The first-order valence-corrected chi connectivity index (χ1v) is 7.76. The lowest BCUT2D eigenvalue weighted by Gasteiger charge is -2.17. The molecule has 1 unspecified atom stereocenters. The topological polar surface area (TPSA) is 61.0 Å². The molecular formula is C16H21N3OS. The number of ether oxygens (including phenoxy) is 1. The highest BCUT2D eigenvalue weighted by molar-refractivity contribution is 7.99. The van der Waals surface area contributed by atoms with Gasteiger partial charge < -0.3 is 10.5 Å². The third kappa shape index (κ3) is 3.54. The van der Waals surface area contributed by atoms with Crippen molar-refractivity contribution in [2.45, 2.75) is 31.2 Å². The van der Waals surface area contributed by atoms with Crippen LogP contribution in [0.15, 0.2) is 29.4 Å². The van der Waals surface area contributed by atoms with Crippen LogP contribution in [0.1, 0.15) is 27.8 Å². The second-order valence-electron chi connectivity index (χ2n) is 4.89. The monoisotopic (exact) mass is 303 g/mol. The van der Waals surface area contributed by atoms with Gasteiger partial charge in [0, 0.05) is 23.5 Å². The van der Waals surface area contributed by atoms with Gasteiger partial charge in [0.15, 0.2) is 5.16 Å². The standard InChI is InChI=1S/C16H21N3OS/c1-10-11(2)18-16(19-12(10)3)21-15(9-17)13-7-5-6-8-14(13)20-4/h5-8,15H,9,17H2,1-4H3. The average molecular weight is 303 g/mol. The maximum absolute atomic E-state index is 5.95. The van der Waals surface area contributed by atoms with E-state index >= 15 is 0 Å². The van der Waals surface area contributed by atoms with Crippen molar-refractivity contribution in [3.05, 3.63) is 46.8 Å². The van der Waals surface area contributed by atoms with Crippen LogP contribution in [0, 0.1) is 20.8 Å². The first-order valence-electron chi connectivity index (χ1n) is 6.88. The molecule has 0 aliphatic carbocycles. The number of thioether (sulfide) groups is 1. The molecule has 0 amide bonds. The minimum atomic E-state index is 0.0719. The Hall–Kier alpha value is -1.59. The number of para-hydroxylation sites is 1. The number of benzene rings is 1. The minimum absolute atomic E-state index is 0.0719. The normalized spacial score (nSPS) is 12.2. The fourth-order valence-electron chi connectivity index (χ4n) is 2.09. The Morgan fingerprint density at radius 1 is 1.14 bits per heavy atom. The molecule has 0 aliphatic heterocycles. The van der Waals surface area contributed by atoms with E-state index in [1.807, 2.05) is 45.0 Å². The number of methoxy groups -OCH3 is 1. The molecule has 1 heterocycles. The van der Waals surface area contributed by atoms with Gasteiger partial charge in [-0.2, -0.15) is 0 Å². The van der Waals surface area contributed by atoms with Crippen molar-refractivity contribution in [2.75, 3.05) is 13.7 Å². The molecule has 112 valence electrons. The van der Waals surface area contributed by atoms with Crippen LogP contribution in [-0.4, -0.2) is 23.6 Å². The first-order chi connectivity index (χ1) is 10.1. The Bertz CT molecular complexity index is 608. The summed E-state index contributed by atoms with van der Waals surface area (Å²) in [5.41, 5.74) is 10.2. The summed E-state index contributed by atoms with van der Waals surface area (Å²) in [7, 11) is 1.67. The number of nitrogens with two attached hydrogens (primary N) is 1. The summed E-state index contributed by atoms with van der Waals surface area (Å²) in [5, 5.41) is 0.833. The molecule has 0 saturated heterocycles. The van der Waals surface area contributed by atoms with E-state index in [-0.39, 0.29) is 5.25 Å². The molecule has 1 atom stereocenters. The zero-order chi connectivity index (χ0) is 15.4. The van der Waals surface area contributed by atoms with Gasteiger partial charge in [0.2, 0.25) is 0 Å². The number of hydrogen-bond donors (Lipinski definition) is 1. The maximum Gasteiger partial charge on any atom is 0.188 e. The zero-order valence-corrected chi connectivity index (χ0v) is 13.7. The Balaban J connectivity index is 2.31. The van der Waals surface area contributed by atoms with Gasteiger partial charge in [0.25, 0.3) is 0 Å². The van der Waals surface area contributed by atoms with Gasteiger partial charge >= 0.3 is 0 Å². The second kappa shape index (κ2) is 6.91. The molecule has 0 fully saturated rings. The number of aryl methyl sites for hydroxylation is 2. The lowest BCUT2D eigenvalue weighted by atomic mass is 10.1. The third-order valence-corrected chi connectivity index (χ3v) is 4.68. The maximum atomic E-state index is 5.95. The van der Waals surface area contributed by atoms with Gasteiger partial charge in [-0.3, -0.25) is 0 Å². The lowest BCUT2D eigenvalue weighted by Crippen LogP contribution is -2.11. The summed E-state index contributed by atoms with van der Waals surface area (Å²) in [6.07, 6.45) is 0.